The van der Waals surface area contributed by atoms with E-state index < -0.39 is 0 Å². The van der Waals surface area contributed by atoms with Crippen LogP contribution >= 0.6 is 0 Å². The average Bonchev–Trinajstić information content (AvgIpc) is 2.38. The molecule has 1 saturated heterocycles. The number of nitrogens with zero attached hydrogens (tertiary/aromatic N) is 1. The molecule has 1 aromatic carbocycles. The number of hydrogen-bond acceptors (Lipinski definition) is 2. The third-order valence-electron chi connectivity index (χ3n) is 3.82. The molecule has 2 heteroatoms. The van der Waals surface area contributed by atoms with Gasteiger partial charge in [0, 0.05) is 6.04 Å². The zero-order valence-electron chi connectivity index (χ0n) is 11.0. The molecule has 94 valence electrons. The molecule has 1 fully saturated rings. The number of benzene rings is 1. The molecule has 0 radical (unpaired) electrons. The Bertz CT molecular complexity index is 351. The van der Waals surface area contributed by atoms with Gasteiger partial charge in [-0.05, 0) is 57.0 Å². The fraction of sp³-hybridized carbons (Fsp3) is 0.600. The van der Waals surface area contributed by atoms with Gasteiger partial charge in [0.1, 0.15) is 5.75 Å². The van der Waals surface area contributed by atoms with E-state index in [-0.39, 0.29) is 0 Å². The highest BCUT2D eigenvalue weighted by molar-refractivity contribution is 5.28. The van der Waals surface area contributed by atoms with E-state index in [9.17, 15) is 0 Å². The molecule has 0 bridgehead atoms. The third kappa shape index (κ3) is 3.47. The Morgan fingerprint density at radius 2 is 2.24 bits per heavy atom. The van der Waals surface area contributed by atoms with Crippen molar-refractivity contribution in [3.05, 3.63) is 29.8 Å². The molecule has 0 spiro atoms. The maximum absolute atomic E-state index is 5.26. The van der Waals surface area contributed by atoms with Gasteiger partial charge in [-0.3, -0.25) is 0 Å². The maximum atomic E-state index is 5.26. The highest BCUT2D eigenvalue weighted by Gasteiger charge is 2.18. The molecule has 1 atom stereocenters. The third-order valence-corrected chi connectivity index (χ3v) is 3.82. The van der Waals surface area contributed by atoms with Crippen LogP contribution in [0.25, 0.3) is 0 Å². The zero-order valence-corrected chi connectivity index (χ0v) is 11.0. The predicted molar refractivity (Wildman–Crippen MR) is 71.6 cm³/mol. The molecule has 2 rings (SSSR count). The van der Waals surface area contributed by atoms with Crippen molar-refractivity contribution in [3.63, 3.8) is 0 Å². The summed E-state index contributed by atoms with van der Waals surface area (Å²) < 4.78 is 5.26. The van der Waals surface area contributed by atoms with E-state index >= 15 is 0 Å². The topological polar surface area (TPSA) is 12.5 Å². The summed E-state index contributed by atoms with van der Waals surface area (Å²) in [4.78, 5) is 2.52. The fourth-order valence-electron chi connectivity index (χ4n) is 2.67. The van der Waals surface area contributed by atoms with E-state index in [2.05, 4.69) is 30.1 Å². The average molecular weight is 233 g/mol. The number of aryl methyl sites for hydroxylation is 1. The summed E-state index contributed by atoms with van der Waals surface area (Å²) in [5.74, 6) is 0.972. The monoisotopic (exact) mass is 233 g/mol. The molecule has 1 unspecified atom stereocenters. The summed E-state index contributed by atoms with van der Waals surface area (Å²) in [6.07, 6.45) is 6.55. The van der Waals surface area contributed by atoms with Crippen LogP contribution in [0.4, 0.5) is 0 Å². The number of rotatable bonds is 4. The first-order chi connectivity index (χ1) is 8.29. The SMILES string of the molecule is COc1cccc(CCC2CCCCN2C)c1. The van der Waals surface area contributed by atoms with Gasteiger partial charge in [0.25, 0.3) is 0 Å². The van der Waals surface area contributed by atoms with Gasteiger partial charge in [0.05, 0.1) is 7.11 Å². The smallest absolute Gasteiger partial charge is 0.119 e. The second kappa shape index (κ2) is 6.06. The summed E-state index contributed by atoms with van der Waals surface area (Å²) in [5.41, 5.74) is 1.39. The van der Waals surface area contributed by atoms with Crippen LogP contribution in [0.5, 0.6) is 5.75 Å². The Hall–Kier alpha value is -1.02. The van der Waals surface area contributed by atoms with Crippen molar-refractivity contribution < 1.29 is 4.74 Å². The summed E-state index contributed by atoms with van der Waals surface area (Å²) in [7, 11) is 3.99. The minimum atomic E-state index is 0.773. The van der Waals surface area contributed by atoms with Gasteiger partial charge in [-0.2, -0.15) is 0 Å². The lowest BCUT2D eigenvalue weighted by molar-refractivity contribution is 0.176. The molecule has 0 saturated carbocycles. The minimum Gasteiger partial charge on any atom is -0.497 e. The molecule has 0 amide bonds. The summed E-state index contributed by atoms with van der Waals surface area (Å²) >= 11 is 0. The first-order valence-corrected chi connectivity index (χ1v) is 6.63. The van der Waals surface area contributed by atoms with Crippen LogP contribution in [0.15, 0.2) is 24.3 Å². The normalized spacial score (nSPS) is 21.4. The quantitative estimate of drug-likeness (QED) is 0.792. The number of hydrogen-bond donors (Lipinski definition) is 0. The Labute approximate surface area is 105 Å². The van der Waals surface area contributed by atoms with E-state index in [0.29, 0.717) is 0 Å². The summed E-state index contributed by atoms with van der Waals surface area (Å²) in [6.45, 7) is 1.27. The molecule has 1 aromatic rings. The predicted octanol–water partition coefficient (Wildman–Crippen LogP) is 3.11. The first-order valence-electron chi connectivity index (χ1n) is 6.63. The molecule has 0 aromatic heterocycles. The zero-order chi connectivity index (χ0) is 12.1. The van der Waals surface area contributed by atoms with Crippen molar-refractivity contribution in [2.75, 3.05) is 20.7 Å². The molecule has 1 heterocycles. The number of ether oxygens (including phenoxy) is 1. The summed E-state index contributed by atoms with van der Waals surface area (Å²) in [5, 5.41) is 0. The first kappa shape index (κ1) is 12.4. The van der Waals surface area contributed by atoms with Crippen LogP contribution in [0, 0.1) is 0 Å². The number of methoxy groups -OCH3 is 1. The van der Waals surface area contributed by atoms with Crippen LogP contribution < -0.4 is 4.74 Å². The molecule has 0 aliphatic carbocycles. The highest BCUT2D eigenvalue weighted by atomic mass is 16.5. The minimum absolute atomic E-state index is 0.773. The van der Waals surface area contributed by atoms with Gasteiger partial charge in [0.2, 0.25) is 0 Å². The molecular formula is C15H23NO. The van der Waals surface area contributed by atoms with Crippen LogP contribution in [-0.4, -0.2) is 31.6 Å². The van der Waals surface area contributed by atoms with Crippen molar-refractivity contribution in [2.45, 2.75) is 38.1 Å². The standard InChI is InChI=1S/C15H23NO/c1-16-11-4-3-7-14(16)10-9-13-6-5-8-15(12-13)17-2/h5-6,8,12,14H,3-4,7,9-11H2,1-2H3. The molecule has 2 nitrogen and oxygen atoms in total. The van der Waals surface area contributed by atoms with Gasteiger partial charge in [0.15, 0.2) is 0 Å². The number of piperidine rings is 1. The molecule has 0 N–H and O–H groups in total. The summed E-state index contributed by atoms with van der Waals surface area (Å²) in [6, 6.07) is 9.22. The van der Waals surface area contributed by atoms with Gasteiger partial charge < -0.3 is 9.64 Å². The van der Waals surface area contributed by atoms with Gasteiger partial charge in [-0.15, -0.1) is 0 Å². The van der Waals surface area contributed by atoms with Crippen molar-refractivity contribution in [3.8, 4) is 5.75 Å². The lowest BCUT2D eigenvalue weighted by Crippen LogP contribution is -2.36. The van der Waals surface area contributed by atoms with Crippen molar-refractivity contribution in [2.24, 2.45) is 0 Å². The molecular weight excluding hydrogens is 210 g/mol. The van der Waals surface area contributed by atoms with Crippen LogP contribution in [0.2, 0.25) is 0 Å². The van der Waals surface area contributed by atoms with E-state index in [1.807, 2.05) is 6.07 Å². The van der Waals surface area contributed by atoms with Crippen LogP contribution in [0.1, 0.15) is 31.2 Å². The Balaban J connectivity index is 1.88. The van der Waals surface area contributed by atoms with Crippen LogP contribution in [-0.2, 0) is 6.42 Å². The molecule has 1 aliphatic heterocycles. The van der Waals surface area contributed by atoms with Crippen molar-refractivity contribution in [1.82, 2.24) is 4.90 Å². The second-order valence-electron chi connectivity index (χ2n) is 5.02. The Morgan fingerprint density at radius 3 is 3.00 bits per heavy atom. The highest BCUT2D eigenvalue weighted by Crippen LogP contribution is 2.21. The van der Waals surface area contributed by atoms with E-state index in [1.54, 1.807) is 7.11 Å². The van der Waals surface area contributed by atoms with Crippen molar-refractivity contribution in [1.29, 1.82) is 0 Å². The van der Waals surface area contributed by atoms with Crippen molar-refractivity contribution >= 4 is 0 Å². The van der Waals surface area contributed by atoms with E-state index in [0.717, 1.165) is 18.2 Å². The molecule has 17 heavy (non-hydrogen) atoms. The van der Waals surface area contributed by atoms with Gasteiger partial charge in [-0.25, -0.2) is 0 Å². The largest absolute Gasteiger partial charge is 0.497 e. The Kier molecular flexibility index (Phi) is 4.43. The van der Waals surface area contributed by atoms with Crippen LogP contribution in [0.3, 0.4) is 0 Å². The maximum Gasteiger partial charge on any atom is 0.119 e. The van der Waals surface area contributed by atoms with Gasteiger partial charge in [-0.1, -0.05) is 18.6 Å². The fourth-order valence-corrected chi connectivity index (χ4v) is 2.67. The Morgan fingerprint density at radius 1 is 1.35 bits per heavy atom. The molecule has 1 aliphatic rings. The van der Waals surface area contributed by atoms with Gasteiger partial charge >= 0.3 is 0 Å². The lowest BCUT2D eigenvalue weighted by atomic mass is 9.96. The van der Waals surface area contributed by atoms with E-state index in [1.165, 1.54) is 37.8 Å². The van der Waals surface area contributed by atoms with E-state index in [4.69, 9.17) is 4.74 Å². The second-order valence-corrected chi connectivity index (χ2v) is 5.02. The number of likely N-dealkylation sites (tertiary alicyclic amines) is 1. The lowest BCUT2D eigenvalue weighted by Gasteiger charge is -2.32.